The highest BCUT2D eigenvalue weighted by molar-refractivity contribution is 6.05. The Balaban J connectivity index is 1.72. The van der Waals surface area contributed by atoms with Crippen LogP contribution in [-0.4, -0.2) is 27.4 Å². The molecule has 2 N–H and O–H groups in total. The van der Waals surface area contributed by atoms with Crippen molar-refractivity contribution in [2.24, 2.45) is 0 Å². The maximum Gasteiger partial charge on any atom is 0.257 e. The number of nitrogens with zero attached hydrogens (tertiary/aromatic N) is 2. The van der Waals surface area contributed by atoms with Crippen molar-refractivity contribution in [2.75, 3.05) is 5.32 Å². The van der Waals surface area contributed by atoms with Gasteiger partial charge < -0.3 is 15.2 Å². The van der Waals surface area contributed by atoms with E-state index < -0.39 is 0 Å². The maximum atomic E-state index is 12.8. The number of rotatable bonds is 6. The normalized spacial score (nSPS) is 10.8. The molecule has 1 aromatic carbocycles. The van der Waals surface area contributed by atoms with Gasteiger partial charge in [0.1, 0.15) is 0 Å². The van der Waals surface area contributed by atoms with E-state index in [1.54, 1.807) is 12.4 Å². The molecule has 29 heavy (non-hydrogen) atoms. The maximum absolute atomic E-state index is 12.8. The summed E-state index contributed by atoms with van der Waals surface area (Å²) >= 11 is 0. The minimum absolute atomic E-state index is 0.0142. The molecule has 3 rings (SSSR count). The lowest BCUT2D eigenvalue weighted by molar-refractivity contribution is -0.120. The topological polar surface area (TPSA) is 76.0 Å². The molecular weight excluding hydrogens is 364 g/mol. The fourth-order valence-corrected chi connectivity index (χ4v) is 3.34. The third-order valence-electron chi connectivity index (χ3n) is 4.61. The van der Waals surface area contributed by atoms with Crippen LogP contribution in [0.2, 0.25) is 0 Å². The first-order valence-electron chi connectivity index (χ1n) is 9.64. The summed E-state index contributed by atoms with van der Waals surface area (Å²) in [6, 6.07) is 13.2. The zero-order chi connectivity index (χ0) is 21.0. The molecule has 2 amide bonds. The van der Waals surface area contributed by atoms with Crippen molar-refractivity contribution in [1.82, 2.24) is 14.9 Å². The molecular formula is C23H26N4O2. The Kier molecular flexibility index (Phi) is 6.12. The number of aromatic nitrogens is 2. The molecule has 0 aliphatic rings. The summed E-state index contributed by atoms with van der Waals surface area (Å²) in [5, 5.41) is 5.81. The van der Waals surface area contributed by atoms with Crippen LogP contribution in [0.15, 0.2) is 54.9 Å². The lowest BCUT2D eigenvalue weighted by Crippen LogP contribution is -2.31. The highest BCUT2D eigenvalue weighted by Crippen LogP contribution is 2.21. The number of nitrogens with one attached hydrogen (secondary N) is 2. The van der Waals surface area contributed by atoms with Gasteiger partial charge in [0.15, 0.2) is 0 Å². The predicted molar refractivity (Wildman–Crippen MR) is 114 cm³/mol. The lowest BCUT2D eigenvalue weighted by Gasteiger charge is -2.10. The quantitative estimate of drug-likeness (QED) is 0.672. The van der Waals surface area contributed by atoms with Crippen LogP contribution >= 0.6 is 0 Å². The summed E-state index contributed by atoms with van der Waals surface area (Å²) in [6.07, 6.45) is 3.82. The van der Waals surface area contributed by atoms with Gasteiger partial charge in [-0.1, -0.05) is 12.1 Å². The van der Waals surface area contributed by atoms with E-state index in [0.717, 1.165) is 22.6 Å². The molecule has 150 valence electrons. The highest BCUT2D eigenvalue weighted by Gasteiger charge is 2.17. The van der Waals surface area contributed by atoms with Crippen LogP contribution in [0.5, 0.6) is 0 Å². The standard InChI is InChI=1S/C23H26N4O2/c1-15(2)25-22(28)13-18-7-9-19(10-8-18)26-23(29)21-12-16(3)27(17(21)4)20-6-5-11-24-14-20/h5-12,14-15H,13H2,1-4H3,(H,25,28)(H,26,29). The zero-order valence-electron chi connectivity index (χ0n) is 17.2. The molecule has 0 spiro atoms. The highest BCUT2D eigenvalue weighted by atomic mass is 16.2. The Morgan fingerprint density at radius 2 is 1.83 bits per heavy atom. The average Bonchev–Trinajstić information content (AvgIpc) is 2.97. The molecule has 0 radical (unpaired) electrons. The van der Waals surface area contributed by atoms with E-state index in [4.69, 9.17) is 0 Å². The molecule has 0 atom stereocenters. The molecule has 2 heterocycles. The average molecular weight is 390 g/mol. The number of benzene rings is 1. The minimum Gasteiger partial charge on any atom is -0.354 e. The van der Waals surface area contributed by atoms with Crippen LogP contribution < -0.4 is 10.6 Å². The van der Waals surface area contributed by atoms with E-state index in [1.807, 2.05) is 74.7 Å². The molecule has 0 bridgehead atoms. The van der Waals surface area contributed by atoms with Crippen molar-refractivity contribution < 1.29 is 9.59 Å². The minimum atomic E-state index is -0.168. The predicted octanol–water partition coefficient (Wildman–Crippen LogP) is 3.81. The van der Waals surface area contributed by atoms with Crippen LogP contribution in [-0.2, 0) is 11.2 Å². The fraction of sp³-hybridized carbons (Fsp3) is 0.261. The Bertz CT molecular complexity index is 1010. The van der Waals surface area contributed by atoms with Gasteiger partial charge in [0, 0.05) is 29.3 Å². The summed E-state index contributed by atoms with van der Waals surface area (Å²) in [5.74, 6) is -0.182. The summed E-state index contributed by atoms with van der Waals surface area (Å²) in [4.78, 5) is 28.8. The second-order valence-corrected chi connectivity index (χ2v) is 7.38. The van der Waals surface area contributed by atoms with Crippen LogP contribution in [0.4, 0.5) is 5.69 Å². The Hall–Kier alpha value is -3.41. The van der Waals surface area contributed by atoms with Gasteiger partial charge in [-0.05, 0) is 63.6 Å². The van der Waals surface area contributed by atoms with Crippen molar-refractivity contribution in [3.8, 4) is 5.69 Å². The number of hydrogen-bond acceptors (Lipinski definition) is 3. The Morgan fingerprint density at radius 3 is 2.45 bits per heavy atom. The van der Waals surface area contributed by atoms with Gasteiger partial charge in [0.25, 0.3) is 5.91 Å². The molecule has 0 unspecified atom stereocenters. The lowest BCUT2D eigenvalue weighted by atomic mass is 10.1. The zero-order valence-corrected chi connectivity index (χ0v) is 17.2. The van der Waals surface area contributed by atoms with Crippen LogP contribution in [0.1, 0.15) is 41.2 Å². The molecule has 0 saturated carbocycles. The summed E-state index contributed by atoms with van der Waals surface area (Å²) < 4.78 is 2.01. The van der Waals surface area contributed by atoms with E-state index in [-0.39, 0.29) is 17.9 Å². The van der Waals surface area contributed by atoms with Gasteiger partial charge >= 0.3 is 0 Å². The molecule has 6 heteroatoms. The molecule has 6 nitrogen and oxygen atoms in total. The van der Waals surface area contributed by atoms with E-state index in [0.29, 0.717) is 17.7 Å². The Labute approximate surface area is 171 Å². The van der Waals surface area contributed by atoms with E-state index in [9.17, 15) is 9.59 Å². The van der Waals surface area contributed by atoms with Gasteiger partial charge in [-0.2, -0.15) is 0 Å². The van der Waals surface area contributed by atoms with Gasteiger partial charge in [-0.15, -0.1) is 0 Å². The molecule has 0 saturated heterocycles. The summed E-state index contributed by atoms with van der Waals surface area (Å²) in [7, 11) is 0. The summed E-state index contributed by atoms with van der Waals surface area (Å²) in [5.41, 5.74) is 4.95. The van der Waals surface area contributed by atoms with Crippen LogP contribution in [0, 0.1) is 13.8 Å². The third-order valence-corrected chi connectivity index (χ3v) is 4.61. The smallest absolute Gasteiger partial charge is 0.257 e. The first-order chi connectivity index (χ1) is 13.8. The first-order valence-corrected chi connectivity index (χ1v) is 9.64. The molecule has 0 aliphatic heterocycles. The van der Waals surface area contributed by atoms with Gasteiger partial charge in [0.05, 0.1) is 23.9 Å². The van der Waals surface area contributed by atoms with Crippen molar-refractivity contribution >= 4 is 17.5 Å². The second-order valence-electron chi connectivity index (χ2n) is 7.38. The van der Waals surface area contributed by atoms with Crippen molar-refractivity contribution in [2.45, 2.75) is 40.2 Å². The number of carbonyl (C=O) groups is 2. The number of aryl methyl sites for hydroxylation is 1. The number of amides is 2. The molecule has 0 fully saturated rings. The van der Waals surface area contributed by atoms with Crippen molar-refractivity contribution in [3.63, 3.8) is 0 Å². The van der Waals surface area contributed by atoms with E-state index >= 15 is 0 Å². The summed E-state index contributed by atoms with van der Waals surface area (Å²) in [6.45, 7) is 7.75. The first kappa shape index (κ1) is 20.3. The monoisotopic (exact) mass is 390 g/mol. The van der Waals surface area contributed by atoms with Gasteiger partial charge in [-0.3, -0.25) is 14.6 Å². The molecule has 2 aromatic heterocycles. The number of anilines is 1. The SMILES string of the molecule is Cc1cc(C(=O)Nc2ccc(CC(=O)NC(C)C)cc2)c(C)n1-c1cccnc1. The van der Waals surface area contributed by atoms with E-state index in [2.05, 4.69) is 15.6 Å². The molecule has 3 aromatic rings. The van der Waals surface area contributed by atoms with Crippen molar-refractivity contribution in [1.29, 1.82) is 0 Å². The van der Waals surface area contributed by atoms with Crippen LogP contribution in [0.3, 0.4) is 0 Å². The van der Waals surface area contributed by atoms with Crippen molar-refractivity contribution in [3.05, 3.63) is 77.4 Å². The number of pyridine rings is 1. The number of hydrogen-bond donors (Lipinski definition) is 2. The third kappa shape index (κ3) is 4.90. The van der Waals surface area contributed by atoms with Gasteiger partial charge in [0.2, 0.25) is 5.91 Å². The van der Waals surface area contributed by atoms with Crippen LogP contribution in [0.25, 0.3) is 5.69 Å². The Morgan fingerprint density at radius 1 is 1.10 bits per heavy atom. The van der Waals surface area contributed by atoms with E-state index in [1.165, 1.54) is 0 Å². The fourth-order valence-electron chi connectivity index (χ4n) is 3.34. The largest absolute Gasteiger partial charge is 0.354 e. The molecule has 0 aliphatic carbocycles. The van der Waals surface area contributed by atoms with Gasteiger partial charge in [-0.25, -0.2) is 0 Å². The second kappa shape index (κ2) is 8.73. The number of carbonyl (C=O) groups excluding carboxylic acids is 2.